The Morgan fingerprint density at radius 3 is 2.45 bits per heavy atom. The Balaban J connectivity index is 1.67. The van der Waals surface area contributed by atoms with Gasteiger partial charge >= 0.3 is 0 Å². The highest BCUT2D eigenvalue weighted by molar-refractivity contribution is 6.01. The Labute approximate surface area is 222 Å². The molecule has 2 atom stereocenters. The molecule has 204 valence electrons. The smallest absolute Gasteiger partial charge is 0.257 e. The van der Waals surface area contributed by atoms with Crippen molar-refractivity contribution in [2.45, 2.75) is 58.1 Å². The zero-order valence-corrected chi connectivity index (χ0v) is 22.4. The minimum atomic E-state index is -1.17. The summed E-state index contributed by atoms with van der Waals surface area (Å²) in [4.78, 5) is 40.3. The lowest BCUT2D eigenvalue weighted by atomic mass is 9.69. The van der Waals surface area contributed by atoms with Gasteiger partial charge in [-0.15, -0.1) is 0 Å². The first-order valence-electron chi connectivity index (χ1n) is 13.1. The van der Waals surface area contributed by atoms with Crippen LogP contribution in [0.15, 0.2) is 36.4 Å². The maximum Gasteiger partial charge on any atom is 0.257 e. The fraction of sp³-hybridized carbons (Fsp3) is 0.483. The average Bonchev–Trinajstić information content (AvgIpc) is 3.22. The van der Waals surface area contributed by atoms with E-state index in [2.05, 4.69) is 10.6 Å². The summed E-state index contributed by atoms with van der Waals surface area (Å²) >= 11 is 0. The molecule has 0 radical (unpaired) electrons. The van der Waals surface area contributed by atoms with Crippen molar-refractivity contribution in [1.29, 1.82) is 0 Å². The molecule has 2 heterocycles. The topological polar surface area (TPSA) is 108 Å². The molecule has 2 aliphatic rings. The van der Waals surface area contributed by atoms with Gasteiger partial charge in [-0.3, -0.25) is 19.7 Å². The van der Waals surface area contributed by atoms with Gasteiger partial charge in [0.05, 0.1) is 23.7 Å². The number of fused-ring (bicyclic) bond motifs is 1. The molecule has 0 saturated carbocycles. The predicted molar refractivity (Wildman–Crippen MR) is 140 cm³/mol. The molecule has 2 aliphatic heterocycles. The Morgan fingerprint density at radius 1 is 1.21 bits per heavy atom. The SMILES string of the molecule is CC[C@](CN1Cc2ccc(OC)c(F)c2C1=O)(C(=O)NC(C)=O)C(C)c1ccc(C2(O)CCNCC2)cc1. The molecule has 9 heteroatoms. The lowest BCUT2D eigenvalue weighted by molar-refractivity contribution is -0.138. The zero-order valence-electron chi connectivity index (χ0n) is 22.4. The summed E-state index contributed by atoms with van der Waals surface area (Å²) in [6.07, 6.45) is 1.55. The highest BCUT2D eigenvalue weighted by Crippen LogP contribution is 2.43. The molecule has 38 heavy (non-hydrogen) atoms. The number of imide groups is 1. The summed E-state index contributed by atoms with van der Waals surface area (Å²) in [6, 6.07) is 10.7. The number of ether oxygens (including phenoxy) is 1. The van der Waals surface area contributed by atoms with E-state index >= 15 is 0 Å². The van der Waals surface area contributed by atoms with Crippen molar-refractivity contribution in [2.24, 2.45) is 5.41 Å². The summed E-state index contributed by atoms with van der Waals surface area (Å²) in [6.45, 7) is 6.63. The van der Waals surface area contributed by atoms with Gasteiger partial charge in [-0.1, -0.05) is 44.2 Å². The highest BCUT2D eigenvalue weighted by atomic mass is 19.1. The standard InChI is InChI=1S/C29H36FN3O5/c1-5-28(27(36)32-19(3)34,17-33-16-21-8-11-23(38-4)25(30)24(21)26(33)35)18(2)20-6-9-22(10-7-20)29(37)12-14-31-15-13-29/h6-11,18,31,37H,5,12-17H2,1-4H3,(H,32,34,36)/t18?,28-/m1/s1. The molecule has 0 aromatic heterocycles. The lowest BCUT2D eigenvalue weighted by Crippen LogP contribution is -2.52. The maximum absolute atomic E-state index is 15.0. The molecule has 8 nitrogen and oxygen atoms in total. The van der Waals surface area contributed by atoms with Crippen LogP contribution in [-0.4, -0.2) is 54.5 Å². The summed E-state index contributed by atoms with van der Waals surface area (Å²) < 4.78 is 20.0. The van der Waals surface area contributed by atoms with E-state index in [0.29, 0.717) is 24.8 Å². The van der Waals surface area contributed by atoms with Crippen LogP contribution >= 0.6 is 0 Å². The highest BCUT2D eigenvalue weighted by Gasteiger charge is 2.47. The van der Waals surface area contributed by atoms with Crippen molar-refractivity contribution in [3.8, 4) is 5.75 Å². The van der Waals surface area contributed by atoms with Crippen LogP contribution in [0.1, 0.15) is 73.0 Å². The van der Waals surface area contributed by atoms with Crippen LogP contribution < -0.4 is 15.4 Å². The zero-order chi connectivity index (χ0) is 27.7. The Bertz CT molecular complexity index is 1230. The van der Waals surface area contributed by atoms with Crippen molar-refractivity contribution < 1.29 is 28.6 Å². The number of piperidine rings is 1. The van der Waals surface area contributed by atoms with E-state index in [0.717, 1.165) is 24.2 Å². The van der Waals surface area contributed by atoms with Crippen LogP contribution in [-0.2, 0) is 21.7 Å². The lowest BCUT2D eigenvalue weighted by Gasteiger charge is -2.40. The second kappa shape index (κ2) is 10.8. The number of rotatable bonds is 8. The number of amides is 3. The second-order valence-corrected chi connectivity index (χ2v) is 10.4. The van der Waals surface area contributed by atoms with E-state index in [4.69, 9.17) is 4.74 Å². The summed E-state index contributed by atoms with van der Waals surface area (Å²) in [5.41, 5.74) is 0.0614. The van der Waals surface area contributed by atoms with Gasteiger partial charge in [-0.25, -0.2) is 4.39 Å². The van der Waals surface area contributed by atoms with Crippen LogP contribution in [0.2, 0.25) is 0 Å². The molecule has 3 amide bonds. The van der Waals surface area contributed by atoms with Gasteiger partial charge in [0.2, 0.25) is 11.8 Å². The van der Waals surface area contributed by atoms with E-state index in [1.807, 2.05) is 38.1 Å². The number of aliphatic hydroxyl groups is 1. The van der Waals surface area contributed by atoms with Crippen molar-refractivity contribution in [3.63, 3.8) is 0 Å². The minimum absolute atomic E-state index is 0.00356. The van der Waals surface area contributed by atoms with E-state index < -0.39 is 40.5 Å². The first-order chi connectivity index (χ1) is 18.1. The van der Waals surface area contributed by atoms with Gasteiger partial charge < -0.3 is 20.1 Å². The Kier molecular flexibility index (Phi) is 7.90. The van der Waals surface area contributed by atoms with Gasteiger partial charge in [0.1, 0.15) is 0 Å². The van der Waals surface area contributed by atoms with Crippen molar-refractivity contribution in [2.75, 3.05) is 26.7 Å². The van der Waals surface area contributed by atoms with Crippen molar-refractivity contribution >= 4 is 17.7 Å². The molecule has 0 spiro atoms. The van der Waals surface area contributed by atoms with Crippen LogP contribution in [0.4, 0.5) is 4.39 Å². The predicted octanol–water partition coefficient (Wildman–Crippen LogP) is 3.22. The molecule has 1 unspecified atom stereocenters. The van der Waals surface area contributed by atoms with Crippen LogP contribution in [0.5, 0.6) is 5.75 Å². The van der Waals surface area contributed by atoms with Gasteiger partial charge in [0, 0.05) is 20.0 Å². The van der Waals surface area contributed by atoms with E-state index in [1.165, 1.54) is 25.0 Å². The fourth-order valence-electron chi connectivity index (χ4n) is 5.82. The average molecular weight is 526 g/mol. The molecular weight excluding hydrogens is 489 g/mol. The number of hydrogen-bond acceptors (Lipinski definition) is 6. The molecule has 0 aliphatic carbocycles. The minimum Gasteiger partial charge on any atom is -0.494 e. The fourth-order valence-corrected chi connectivity index (χ4v) is 5.82. The van der Waals surface area contributed by atoms with Gasteiger partial charge in [-0.2, -0.15) is 0 Å². The Morgan fingerprint density at radius 2 is 1.87 bits per heavy atom. The molecule has 1 saturated heterocycles. The third-order valence-electron chi connectivity index (χ3n) is 8.33. The molecule has 4 rings (SSSR count). The number of halogens is 1. The first-order valence-corrected chi connectivity index (χ1v) is 13.1. The number of methoxy groups -OCH3 is 1. The number of nitrogens with one attached hydrogen (secondary N) is 2. The molecular formula is C29H36FN3O5. The molecule has 2 aromatic carbocycles. The van der Waals surface area contributed by atoms with Crippen LogP contribution in [0.3, 0.4) is 0 Å². The number of hydrogen-bond donors (Lipinski definition) is 3. The number of nitrogens with zero attached hydrogens (tertiary/aromatic N) is 1. The molecule has 2 aromatic rings. The first kappa shape index (κ1) is 27.7. The Hall–Kier alpha value is -3.30. The summed E-state index contributed by atoms with van der Waals surface area (Å²) in [5, 5.41) is 16.8. The second-order valence-electron chi connectivity index (χ2n) is 10.4. The maximum atomic E-state index is 15.0. The summed E-state index contributed by atoms with van der Waals surface area (Å²) in [5.74, 6) is -2.62. The number of benzene rings is 2. The van der Waals surface area contributed by atoms with Crippen molar-refractivity contribution in [3.05, 3.63) is 64.5 Å². The monoisotopic (exact) mass is 525 g/mol. The van der Waals surface area contributed by atoms with Gasteiger partial charge in [-0.05, 0) is 61.0 Å². The quantitative estimate of drug-likeness (QED) is 0.489. The molecule has 0 bridgehead atoms. The third-order valence-corrected chi connectivity index (χ3v) is 8.33. The van der Waals surface area contributed by atoms with Crippen molar-refractivity contribution in [1.82, 2.24) is 15.5 Å². The van der Waals surface area contributed by atoms with Gasteiger partial charge in [0.25, 0.3) is 5.91 Å². The van der Waals surface area contributed by atoms with Crippen LogP contribution in [0.25, 0.3) is 0 Å². The number of carbonyl (C=O) groups excluding carboxylic acids is 3. The van der Waals surface area contributed by atoms with E-state index in [1.54, 1.807) is 6.07 Å². The molecule has 3 N–H and O–H groups in total. The van der Waals surface area contributed by atoms with Gasteiger partial charge in [0.15, 0.2) is 11.6 Å². The largest absolute Gasteiger partial charge is 0.494 e. The summed E-state index contributed by atoms with van der Waals surface area (Å²) in [7, 11) is 1.34. The van der Waals surface area contributed by atoms with E-state index in [-0.39, 0.29) is 24.4 Å². The van der Waals surface area contributed by atoms with Crippen LogP contribution in [0, 0.1) is 11.2 Å². The molecule has 1 fully saturated rings. The van der Waals surface area contributed by atoms with E-state index in [9.17, 15) is 23.9 Å². The third kappa shape index (κ3) is 4.92. The number of carbonyl (C=O) groups is 3. The normalized spacial score (nSPS) is 18.9.